The average molecular weight is 713 g/mol. The first-order chi connectivity index (χ1) is 23.9. The van der Waals surface area contributed by atoms with E-state index in [9.17, 15) is 28.8 Å². The molecule has 286 valence electrons. The molecule has 0 saturated carbocycles. The number of carbonyl (C=O) groups excluding carboxylic acids is 6. The van der Waals surface area contributed by atoms with Gasteiger partial charge in [0.25, 0.3) is 0 Å². The Kier molecular flexibility index (Phi) is 17.1. The van der Waals surface area contributed by atoms with Gasteiger partial charge in [0, 0.05) is 47.6 Å². The van der Waals surface area contributed by atoms with Gasteiger partial charge in [-0.3, -0.25) is 28.8 Å². The second kappa shape index (κ2) is 20.2. The van der Waals surface area contributed by atoms with Gasteiger partial charge >= 0.3 is 0 Å². The summed E-state index contributed by atoms with van der Waals surface area (Å²) < 4.78 is 0. The number of hydrogen-bond donors (Lipinski definition) is 2. The van der Waals surface area contributed by atoms with E-state index < -0.39 is 53.8 Å². The zero-order valence-electron chi connectivity index (χ0n) is 32.9. The van der Waals surface area contributed by atoms with Gasteiger partial charge in [0.1, 0.15) is 30.2 Å². The number of likely N-dealkylation sites (tertiary alicyclic amines) is 1. The van der Waals surface area contributed by atoms with Crippen LogP contribution in [0.15, 0.2) is 30.3 Å². The molecule has 2 rings (SSSR count). The smallest absolute Gasteiger partial charge is 0.245 e. The highest BCUT2D eigenvalue weighted by atomic mass is 16.2. The Labute approximate surface area is 306 Å². The number of likely N-dealkylation sites (N-methyl/N-ethyl adjacent to an activating group) is 3. The first-order valence-electron chi connectivity index (χ1n) is 18.6. The second-order valence-electron chi connectivity index (χ2n) is 15.0. The zero-order valence-corrected chi connectivity index (χ0v) is 32.9. The molecule has 12 heteroatoms. The molecule has 1 aliphatic heterocycles. The average Bonchev–Trinajstić information content (AvgIpc) is 3.11. The molecule has 0 aromatic heterocycles. The summed E-state index contributed by atoms with van der Waals surface area (Å²) in [4.78, 5) is 87.4. The summed E-state index contributed by atoms with van der Waals surface area (Å²) in [6.45, 7) is 15.8. The van der Waals surface area contributed by atoms with Gasteiger partial charge in [-0.1, -0.05) is 78.3 Å². The number of benzene rings is 1. The van der Waals surface area contributed by atoms with Crippen molar-refractivity contribution in [1.82, 2.24) is 30.2 Å². The van der Waals surface area contributed by atoms with Crippen LogP contribution in [0.3, 0.4) is 0 Å². The summed E-state index contributed by atoms with van der Waals surface area (Å²) in [7, 11) is 4.63. The van der Waals surface area contributed by atoms with Gasteiger partial charge in [-0.2, -0.15) is 0 Å². The van der Waals surface area contributed by atoms with Crippen molar-refractivity contribution >= 4 is 35.4 Å². The molecular formula is C39H64N6O6. The maximum Gasteiger partial charge on any atom is 0.245 e. The van der Waals surface area contributed by atoms with Gasteiger partial charge in [0.15, 0.2) is 0 Å². The Morgan fingerprint density at radius 3 is 1.78 bits per heavy atom. The van der Waals surface area contributed by atoms with Crippen LogP contribution in [0.2, 0.25) is 0 Å². The summed E-state index contributed by atoms with van der Waals surface area (Å²) in [5.74, 6) is -2.54. The van der Waals surface area contributed by atoms with Crippen LogP contribution >= 0.6 is 0 Å². The largest absolute Gasteiger partial charge is 0.342 e. The van der Waals surface area contributed by atoms with Gasteiger partial charge in [0.2, 0.25) is 35.4 Å². The van der Waals surface area contributed by atoms with E-state index in [0.29, 0.717) is 25.9 Å². The highest BCUT2D eigenvalue weighted by Gasteiger charge is 2.39. The summed E-state index contributed by atoms with van der Waals surface area (Å²) in [6.07, 6.45) is 4.28. The van der Waals surface area contributed by atoms with Crippen LogP contribution in [0.25, 0.3) is 0 Å². The fourth-order valence-corrected chi connectivity index (χ4v) is 6.38. The molecule has 0 radical (unpaired) electrons. The van der Waals surface area contributed by atoms with Gasteiger partial charge in [-0.05, 0) is 55.9 Å². The van der Waals surface area contributed by atoms with Crippen LogP contribution in [0, 0.1) is 17.8 Å². The first kappa shape index (κ1) is 43.2. The van der Waals surface area contributed by atoms with E-state index in [0.717, 1.165) is 24.8 Å². The summed E-state index contributed by atoms with van der Waals surface area (Å²) in [6, 6.07) is 4.96. The Balaban J connectivity index is 2.27. The first-order valence-corrected chi connectivity index (χ1v) is 18.6. The lowest BCUT2D eigenvalue weighted by molar-refractivity contribution is -0.150. The molecule has 1 heterocycles. The number of carbonyl (C=O) groups is 6. The van der Waals surface area contributed by atoms with Crippen molar-refractivity contribution in [3.8, 4) is 0 Å². The molecule has 0 unspecified atom stereocenters. The lowest BCUT2D eigenvalue weighted by Crippen LogP contribution is -2.60. The highest BCUT2D eigenvalue weighted by Crippen LogP contribution is 2.19. The molecule has 2 N–H and O–H groups in total. The van der Waals surface area contributed by atoms with Crippen LogP contribution in [-0.2, 0) is 35.2 Å². The van der Waals surface area contributed by atoms with Crippen molar-refractivity contribution in [2.24, 2.45) is 17.8 Å². The van der Waals surface area contributed by atoms with Gasteiger partial charge in [0.05, 0.1) is 0 Å². The van der Waals surface area contributed by atoms with Crippen molar-refractivity contribution < 1.29 is 28.8 Å². The molecular weight excluding hydrogens is 648 g/mol. The summed E-state index contributed by atoms with van der Waals surface area (Å²) in [5.41, 5.74) is 0.865. The molecule has 51 heavy (non-hydrogen) atoms. The van der Waals surface area contributed by atoms with Crippen LogP contribution in [0.4, 0.5) is 0 Å². The molecule has 0 aliphatic carbocycles. The van der Waals surface area contributed by atoms with Crippen molar-refractivity contribution in [3.63, 3.8) is 0 Å². The molecule has 0 bridgehead atoms. The Morgan fingerprint density at radius 2 is 1.27 bits per heavy atom. The number of nitrogens with zero attached hydrogens (tertiary/aromatic N) is 4. The molecule has 0 spiro atoms. The summed E-state index contributed by atoms with van der Waals surface area (Å²) in [5, 5.41) is 5.89. The third-order valence-corrected chi connectivity index (χ3v) is 10.3. The Bertz CT molecular complexity index is 1330. The normalized spacial score (nSPS) is 16.7. The number of hydrogen-bond acceptors (Lipinski definition) is 6. The van der Waals surface area contributed by atoms with Crippen LogP contribution in [0.5, 0.6) is 0 Å². The van der Waals surface area contributed by atoms with Gasteiger partial charge < -0.3 is 30.2 Å². The van der Waals surface area contributed by atoms with Gasteiger partial charge in [-0.15, -0.1) is 0 Å². The number of amides is 6. The monoisotopic (exact) mass is 712 g/mol. The number of piperidine rings is 1. The molecule has 1 saturated heterocycles. The predicted octanol–water partition coefficient (Wildman–Crippen LogP) is 3.48. The number of nitrogens with one attached hydrogen (secondary N) is 2. The minimum Gasteiger partial charge on any atom is -0.342 e. The standard InChI is InChI=1S/C39H64N6O6/c1-12-27(6)34(39(51)45-21-17-14-18-22-45)41-35(47)31(23-25(2)3)44(11)37(49)28(7)42(9)38(50)33(26(4)5)40-36(48)32(43(10)29(8)46)24-30-19-15-13-16-20-30/h13,15-16,19-20,25-28,31-34H,12,14,17-18,21-24H2,1-11H3,(H,40,48)(H,41,47)/t27-,28-,31-,32-,33-,34-/m0/s1. The lowest BCUT2D eigenvalue weighted by atomic mass is 9.95. The molecule has 1 aromatic rings. The van der Waals surface area contributed by atoms with E-state index in [2.05, 4.69) is 10.6 Å². The van der Waals surface area contributed by atoms with Crippen molar-refractivity contribution in [1.29, 1.82) is 0 Å². The quantitative estimate of drug-likeness (QED) is 0.254. The van der Waals surface area contributed by atoms with Crippen LogP contribution in [0.1, 0.15) is 93.1 Å². The Morgan fingerprint density at radius 1 is 0.725 bits per heavy atom. The highest BCUT2D eigenvalue weighted by molar-refractivity contribution is 5.96. The van der Waals surface area contributed by atoms with E-state index in [4.69, 9.17) is 0 Å². The molecule has 6 amide bonds. The van der Waals surface area contributed by atoms with Gasteiger partial charge in [-0.25, -0.2) is 0 Å². The minimum atomic E-state index is -0.978. The van der Waals surface area contributed by atoms with E-state index in [1.165, 1.54) is 28.7 Å². The summed E-state index contributed by atoms with van der Waals surface area (Å²) >= 11 is 0. The SMILES string of the molecule is CC[C@H](C)[C@H](NC(=O)[C@H](CC(C)C)N(C)C(=O)[C@H](C)N(C)C(=O)[C@@H](NC(=O)[C@H](Cc1ccccc1)N(C)C(C)=O)C(C)C)C(=O)N1CCCCC1. The third-order valence-electron chi connectivity index (χ3n) is 10.3. The predicted molar refractivity (Wildman–Crippen MR) is 199 cm³/mol. The topological polar surface area (TPSA) is 139 Å². The third kappa shape index (κ3) is 12.1. The van der Waals surface area contributed by atoms with E-state index >= 15 is 0 Å². The molecule has 1 aliphatic rings. The maximum absolute atomic E-state index is 14.0. The van der Waals surface area contributed by atoms with Crippen molar-refractivity contribution in [3.05, 3.63) is 35.9 Å². The van der Waals surface area contributed by atoms with E-state index in [-0.39, 0.29) is 36.0 Å². The van der Waals surface area contributed by atoms with Crippen molar-refractivity contribution in [2.75, 3.05) is 34.2 Å². The van der Waals surface area contributed by atoms with Crippen LogP contribution in [-0.4, -0.2) is 119 Å². The molecule has 1 aromatic carbocycles. The maximum atomic E-state index is 14.0. The molecule has 12 nitrogen and oxygen atoms in total. The molecule has 6 atom stereocenters. The zero-order chi connectivity index (χ0) is 38.6. The van der Waals surface area contributed by atoms with Crippen LogP contribution < -0.4 is 10.6 Å². The van der Waals surface area contributed by atoms with E-state index in [1.54, 1.807) is 34.9 Å². The second-order valence-corrected chi connectivity index (χ2v) is 15.0. The fraction of sp³-hybridized carbons (Fsp3) is 0.692. The minimum absolute atomic E-state index is 0.0583. The van der Waals surface area contributed by atoms with E-state index in [1.807, 2.05) is 62.9 Å². The Hall–Kier alpha value is -3.96. The fourth-order valence-electron chi connectivity index (χ4n) is 6.38. The molecule has 1 fully saturated rings. The number of rotatable bonds is 17. The lowest BCUT2D eigenvalue weighted by Gasteiger charge is -2.37. The van der Waals surface area contributed by atoms with Crippen molar-refractivity contribution in [2.45, 2.75) is 124 Å².